The lowest BCUT2D eigenvalue weighted by atomic mass is 9.85. The molecule has 2 heterocycles. The van der Waals surface area contributed by atoms with Crippen LogP contribution in [-0.4, -0.2) is 43.7 Å². The average molecular weight is 497 g/mol. The lowest BCUT2D eigenvalue weighted by Crippen LogP contribution is -2.48. The van der Waals surface area contributed by atoms with Gasteiger partial charge < -0.3 is 15.5 Å². The van der Waals surface area contributed by atoms with Crippen molar-refractivity contribution in [1.82, 2.24) is 15.6 Å². The number of nitrogens with zero attached hydrogens (tertiary/aromatic N) is 3. The average Bonchev–Trinajstić information content (AvgIpc) is 3.14. The molecule has 0 amide bonds. The van der Waals surface area contributed by atoms with Crippen LogP contribution in [0.5, 0.6) is 0 Å². The van der Waals surface area contributed by atoms with Gasteiger partial charge in [0.25, 0.3) is 0 Å². The Morgan fingerprint density at radius 2 is 2.00 bits per heavy atom. The van der Waals surface area contributed by atoms with Crippen molar-refractivity contribution < 1.29 is 4.39 Å². The van der Waals surface area contributed by atoms with E-state index in [2.05, 4.69) is 58.7 Å². The Hall–Kier alpha value is -1.90. The summed E-state index contributed by atoms with van der Waals surface area (Å²) in [5.74, 6) is 0.924. The minimum atomic E-state index is -0.273. The SMILES string of the molecule is CN=C(NCC(C)(C)c1ccccc1)NC1CCN(c2ncccc2F)C1.I. The van der Waals surface area contributed by atoms with Crippen molar-refractivity contribution in [3.8, 4) is 0 Å². The number of aliphatic imine (C=N–C) groups is 1. The maximum absolute atomic E-state index is 13.9. The molecule has 7 heteroatoms. The molecule has 5 nitrogen and oxygen atoms in total. The van der Waals surface area contributed by atoms with Gasteiger partial charge in [-0.2, -0.15) is 0 Å². The van der Waals surface area contributed by atoms with Gasteiger partial charge in [-0.3, -0.25) is 4.99 Å². The van der Waals surface area contributed by atoms with E-state index in [1.165, 1.54) is 11.6 Å². The lowest BCUT2D eigenvalue weighted by molar-refractivity contribution is 0.505. The smallest absolute Gasteiger partial charge is 0.191 e. The molecule has 0 radical (unpaired) electrons. The van der Waals surface area contributed by atoms with Gasteiger partial charge in [0.2, 0.25) is 0 Å². The largest absolute Gasteiger partial charge is 0.356 e. The van der Waals surface area contributed by atoms with Gasteiger partial charge in [0, 0.05) is 44.3 Å². The van der Waals surface area contributed by atoms with Crippen LogP contribution in [0, 0.1) is 5.82 Å². The second-order valence-corrected chi connectivity index (χ2v) is 7.56. The number of guanidine groups is 1. The second kappa shape index (κ2) is 10.0. The minimum absolute atomic E-state index is 0. The van der Waals surface area contributed by atoms with E-state index in [0.29, 0.717) is 12.4 Å². The molecule has 2 N–H and O–H groups in total. The molecule has 2 aromatic rings. The van der Waals surface area contributed by atoms with E-state index in [0.717, 1.165) is 25.5 Å². The molecule has 1 aliphatic rings. The molecule has 1 aliphatic heterocycles. The van der Waals surface area contributed by atoms with Crippen LogP contribution in [0.4, 0.5) is 10.2 Å². The summed E-state index contributed by atoms with van der Waals surface area (Å²) in [5.41, 5.74) is 1.27. The number of pyridine rings is 1. The highest BCUT2D eigenvalue weighted by atomic mass is 127. The van der Waals surface area contributed by atoms with Crippen molar-refractivity contribution in [2.24, 2.45) is 4.99 Å². The first-order valence-electron chi connectivity index (χ1n) is 9.38. The van der Waals surface area contributed by atoms with Crippen LogP contribution < -0.4 is 15.5 Å². The lowest BCUT2D eigenvalue weighted by Gasteiger charge is -2.27. The molecule has 0 saturated carbocycles. The molecule has 0 bridgehead atoms. The molecule has 0 spiro atoms. The van der Waals surface area contributed by atoms with Crippen LogP contribution in [0.1, 0.15) is 25.8 Å². The first kappa shape index (κ1) is 22.4. The highest BCUT2D eigenvalue weighted by Crippen LogP contribution is 2.22. The van der Waals surface area contributed by atoms with Crippen LogP contribution in [0.2, 0.25) is 0 Å². The van der Waals surface area contributed by atoms with E-state index in [4.69, 9.17) is 0 Å². The van der Waals surface area contributed by atoms with E-state index in [1.54, 1.807) is 19.3 Å². The van der Waals surface area contributed by atoms with E-state index in [9.17, 15) is 4.39 Å². The summed E-state index contributed by atoms with van der Waals surface area (Å²) < 4.78 is 13.9. The van der Waals surface area contributed by atoms with Gasteiger partial charge in [0.1, 0.15) is 0 Å². The zero-order chi connectivity index (χ0) is 19.3. The van der Waals surface area contributed by atoms with Crippen LogP contribution >= 0.6 is 24.0 Å². The number of aromatic nitrogens is 1. The summed E-state index contributed by atoms with van der Waals surface area (Å²) in [6.07, 6.45) is 2.55. The second-order valence-electron chi connectivity index (χ2n) is 7.56. The molecule has 0 aliphatic carbocycles. The molecular weight excluding hydrogens is 468 g/mol. The Bertz CT molecular complexity index is 781. The normalized spacial score (nSPS) is 17.2. The Morgan fingerprint density at radius 3 is 2.68 bits per heavy atom. The van der Waals surface area contributed by atoms with Crippen LogP contribution in [-0.2, 0) is 5.41 Å². The van der Waals surface area contributed by atoms with Crippen molar-refractivity contribution in [2.45, 2.75) is 31.7 Å². The molecule has 152 valence electrons. The molecule has 1 saturated heterocycles. The van der Waals surface area contributed by atoms with Crippen molar-refractivity contribution in [2.75, 3.05) is 31.6 Å². The zero-order valence-electron chi connectivity index (χ0n) is 16.7. The summed E-state index contributed by atoms with van der Waals surface area (Å²) in [4.78, 5) is 10.5. The van der Waals surface area contributed by atoms with Gasteiger partial charge in [-0.1, -0.05) is 44.2 Å². The fourth-order valence-corrected chi connectivity index (χ4v) is 3.36. The summed E-state index contributed by atoms with van der Waals surface area (Å²) in [6, 6.07) is 13.7. The van der Waals surface area contributed by atoms with Gasteiger partial charge in [-0.15, -0.1) is 24.0 Å². The fraction of sp³-hybridized carbons (Fsp3) is 0.429. The first-order chi connectivity index (χ1) is 13.0. The van der Waals surface area contributed by atoms with E-state index in [1.807, 2.05) is 11.0 Å². The van der Waals surface area contributed by atoms with Gasteiger partial charge in [0.15, 0.2) is 17.6 Å². The van der Waals surface area contributed by atoms with Gasteiger partial charge in [0.05, 0.1) is 0 Å². The first-order valence-corrected chi connectivity index (χ1v) is 9.38. The summed E-state index contributed by atoms with van der Waals surface area (Å²) in [5, 5.41) is 6.89. The summed E-state index contributed by atoms with van der Waals surface area (Å²) >= 11 is 0. The maximum atomic E-state index is 13.9. The molecule has 3 rings (SSSR count). The number of halogens is 2. The highest BCUT2D eigenvalue weighted by Gasteiger charge is 2.26. The van der Waals surface area contributed by atoms with Crippen LogP contribution in [0.25, 0.3) is 0 Å². The molecule has 1 aromatic carbocycles. The number of benzene rings is 1. The Kier molecular flexibility index (Phi) is 8.03. The van der Waals surface area contributed by atoms with Crippen molar-refractivity contribution >= 4 is 35.8 Å². The van der Waals surface area contributed by atoms with Gasteiger partial charge >= 0.3 is 0 Å². The van der Waals surface area contributed by atoms with Gasteiger partial charge in [-0.05, 0) is 24.1 Å². The highest BCUT2D eigenvalue weighted by molar-refractivity contribution is 14.0. The van der Waals surface area contributed by atoms with E-state index in [-0.39, 0.29) is 41.3 Å². The van der Waals surface area contributed by atoms with E-state index >= 15 is 0 Å². The Balaban J connectivity index is 0.00000280. The van der Waals surface area contributed by atoms with Crippen molar-refractivity contribution in [3.63, 3.8) is 0 Å². The third kappa shape index (κ3) is 5.56. The molecule has 1 atom stereocenters. The van der Waals surface area contributed by atoms with Crippen LogP contribution in [0.3, 0.4) is 0 Å². The molecule has 1 unspecified atom stereocenters. The number of hydrogen-bond donors (Lipinski definition) is 2. The van der Waals surface area contributed by atoms with Crippen molar-refractivity contribution in [3.05, 3.63) is 60.0 Å². The topological polar surface area (TPSA) is 52.6 Å². The maximum Gasteiger partial charge on any atom is 0.191 e. The Labute approximate surface area is 183 Å². The molecular formula is C21H29FIN5. The quantitative estimate of drug-likeness (QED) is 0.377. The predicted molar refractivity (Wildman–Crippen MR) is 124 cm³/mol. The Morgan fingerprint density at radius 1 is 1.25 bits per heavy atom. The third-order valence-electron chi connectivity index (χ3n) is 5.04. The van der Waals surface area contributed by atoms with Gasteiger partial charge in [-0.25, -0.2) is 9.37 Å². The molecule has 28 heavy (non-hydrogen) atoms. The van der Waals surface area contributed by atoms with Crippen molar-refractivity contribution in [1.29, 1.82) is 0 Å². The number of nitrogens with one attached hydrogen (secondary N) is 2. The monoisotopic (exact) mass is 497 g/mol. The molecule has 1 fully saturated rings. The minimum Gasteiger partial charge on any atom is -0.356 e. The zero-order valence-corrected chi connectivity index (χ0v) is 19.0. The standard InChI is InChI=1S/C21H28FN5.HI/c1-21(2,16-8-5-4-6-9-16)15-25-20(23-3)26-17-11-13-27(14-17)19-18(22)10-7-12-24-19;/h4-10,12,17H,11,13-15H2,1-3H3,(H2,23,25,26);1H. The third-order valence-corrected chi connectivity index (χ3v) is 5.04. The number of anilines is 1. The van der Waals surface area contributed by atoms with E-state index < -0.39 is 0 Å². The fourth-order valence-electron chi connectivity index (χ4n) is 3.36. The molecule has 1 aromatic heterocycles. The number of hydrogen-bond acceptors (Lipinski definition) is 3. The van der Waals surface area contributed by atoms with Crippen LogP contribution in [0.15, 0.2) is 53.7 Å². The summed E-state index contributed by atoms with van der Waals surface area (Å²) in [7, 11) is 1.77. The predicted octanol–water partition coefficient (Wildman–Crippen LogP) is 3.56. The number of rotatable bonds is 5. The summed E-state index contributed by atoms with van der Waals surface area (Å²) in [6.45, 7) is 6.67.